The van der Waals surface area contributed by atoms with E-state index in [1.807, 2.05) is 30.3 Å². The molecule has 4 aromatic rings. The molecule has 4 rings (SSSR count). The fraction of sp³-hybridized carbons (Fsp3) is 0.150. The monoisotopic (exact) mass is 439 g/mol. The summed E-state index contributed by atoms with van der Waals surface area (Å²) in [4.78, 5) is 47.4. The molecule has 30 heavy (non-hydrogen) atoms. The number of hydrogen-bond donors (Lipinski definition) is 2. The first-order chi connectivity index (χ1) is 14.4. The number of thiazole rings is 1. The van der Waals surface area contributed by atoms with E-state index in [1.54, 1.807) is 20.9 Å². The second kappa shape index (κ2) is 7.81. The van der Waals surface area contributed by atoms with Crippen molar-refractivity contribution in [1.29, 1.82) is 0 Å². The molecule has 0 saturated heterocycles. The number of nitrogens with zero attached hydrogens (tertiary/aromatic N) is 3. The van der Waals surface area contributed by atoms with Gasteiger partial charge in [0.05, 0.1) is 22.3 Å². The van der Waals surface area contributed by atoms with Crippen molar-refractivity contribution < 1.29 is 9.59 Å². The quantitative estimate of drug-likeness (QED) is 0.478. The molecule has 0 saturated carbocycles. The van der Waals surface area contributed by atoms with Gasteiger partial charge in [-0.1, -0.05) is 30.3 Å². The van der Waals surface area contributed by atoms with Crippen LogP contribution in [0.5, 0.6) is 0 Å². The van der Waals surface area contributed by atoms with Gasteiger partial charge in [-0.15, -0.1) is 22.7 Å². The number of rotatable bonds is 3. The average molecular weight is 440 g/mol. The summed E-state index contributed by atoms with van der Waals surface area (Å²) in [6.07, 6.45) is 1.42. The van der Waals surface area contributed by atoms with E-state index >= 15 is 0 Å². The summed E-state index contributed by atoms with van der Waals surface area (Å²) in [5.41, 5.74) is 6.68. The third-order valence-corrected chi connectivity index (χ3v) is 6.93. The van der Waals surface area contributed by atoms with Gasteiger partial charge in [0, 0.05) is 12.6 Å². The van der Waals surface area contributed by atoms with Gasteiger partial charge in [-0.3, -0.25) is 25.2 Å². The van der Waals surface area contributed by atoms with Gasteiger partial charge < -0.3 is 4.57 Å². The number of carbonyl (C=O) groups excluding carboxylic acids is 2. The molecule has 3 heterocycles. The zero-order valence-corrected chi connectivity index (χ0v) is 18.0. The summed E-state index contributed by atoms with van der Waals surface area (Å²) in [5.74, 6) is -0.954. The van der Waals surface area contributed by atoms with Crippen LogP contribution in [0, 0.1) is 13.8 Å². The Bertz CT molecular complexity index is 1340. The van der Waals surface area contributed by atoms with Crippen LogP contribution in [0.2, 0.25) is 0 Å². The van der Waals surface area contributed by atoms with Gasteiger partial charge in [0.15, 0.2) is 0 Å². The minimum atomic E-state index is -0.503. The highest BCUT2D eigenvalue weighted by Crippen LogP contribution is 2.28. The van der Waals surface area contributed by atoms with Crippen molar-refractivity contribution in [2.75, 3.05) is 0 Å². The van der Waals surface area contributed by atoms with Crippen molar-refractivity contribution in [2.45, 2.75) is 13.8 Å². The Balaban J connectivity index is 1.52. The Kier molecular flexibility index (Phi) is 5.18. The van der Waals surface area contributed by atoms with Crippen molar-refractivity contribution in [2.24, 2.45) is 7.05 Å². The van der Waals surface area contributed by atoms with Crippen LogP contribution in [0.1, 0.15) is 30.6 Å². The van der Waals surface area contributed by atoms with Crippen LogP contribution in [-0.4, -0.2) is 26.3 Å². The maximum absolute atomic E-state index is 12.6. The molecule has 0 radical (unpaired) electrons. The van der Waals surface area contributed by atoms with E-state index in [1.165, 1.54) is 22.2 Å². The van der Waals surface area contributed by atoms with Crippen LogP contribution in [0.4, 0.5) is 0 Å². The summed E-state index contributed by atoms with van der Waals surface area (Å²) >= 11 is 2.36. The molecule has 0 spiro atoms. The fourth-order valence-corrected chi connectivity index (χ4v) is 4.97. The van der Waals surface area contributed by atoms with E-state index in [0.29, 0.717) is 31.2 Å². The topological polar surface area (TPSA) is 106 Å². The van der Waals surface area contributed by atoms with E-state index < -0.39 is 11.8 Å². The highest BCUT2D eigenvalue weighted by molar-refractivity contribution is 7.20. The molecular weight excluding hydrogens is 422 g/mol. The first-order valence-corrected chi connectivity index (χ1v) is 10.6. The number of hydrazine groups is 1. The zero-order valence-electron chi connectivity index (χ0n) is 16.3. The molecule has 1 aromatic carbocycles. The molecule has 0 aliphatic heterocycles. The molecule has 10 heteroatoms. The molecule has 0 atom stereocenters. The zero-order chi connectivity index (χ0) is 21.4. The average Bonchev–Trinajstić information content (AvgIpc) is 3.30. The summed E-state index contributed by atoms with van der Waals surface area (Å²) < 4.78 is 1.36. The van der Waals surface area contributed by atoms with Crippen molar-refractivity contribution >= 4 is 44.7 Å². The Hall–Kier alpha value is -3.37. The molecule has 152 valence electrons. The number of benzene rings is 1. The van der Waals surface area contributed by atoms with Crippen LogP contribution < -0.4 is 16.4 Å². The largest absolute Gasteiger partial charge is 0.302 e. The molecule has 0 aliphatic carbocycles. The molecular formula is C20H17N5O3S2. The van der Waals surface area contributed by atoms with Gasteiger partial charge >= 0.3 is 0 Å². The lowest BCUT2D eigenvalue weighted by molar-refractivity contribution is 0.0850. The fourth-order valence-electron chi connectivity index (χ4n) is 2.96. The lowest BCUT2D eigenvalue weighted by atomic mass is 10.2. The Morgan fingerprint density at radius 3 is 2.37 bits per heavy atom. The molecule has 0 unspecified atom stereocenters. The van der Waals surface area contributed by atoms with Crippen LogP contribution in [-0.2, 0) is 7.05 Å². The Labute approximate surface area is 179 Å². The van der Waals surface area contributed by atoms with Gasteiger partial charge in [-0.05, 0) is 19.4 Å². The third-order valence-electron chi connectivity index (χ3n) is 4.53. The highest BCUT2D eigenvalue weighted by Gasteiger charge is 2.21. The first kappa shape index (κ1) is 19.9. The van der Waals surface area contributed by atoms with Crippen molar-refractivity contribution in [1.82, 2.24) is 25.4 Å². The number of amides is 2. The van der Waals surface area contributed by atoms with Gasteiger partial charge in [-0.2, -0.15) is 0 Å². The number of carbonyl (C=O) groups is 2. The van der Waals surface area contributed by atoms with Crippen LogP contribution in [0.3, 0.4) is 0 Å². The maximum Gasteiger partial charge on any atom is 0.281 e. The van der Waals surface area contributed by atoms with E-state index in [-0.39, 0.29) is 5.56 Å². The first-order valence-electron chi connectivity index (χ1n) is 8.95. The van der Waals surface area contributed by atoms with Crippen LogP contribution in [0.25, 0.3) is 20.8 Å². The highest BCUT2D eigenvalue weighted by atomic mass is 32.1. The minimum Gasteiger partial charge on any atom is -0.302 e. The Morgan fingerprint density at radius 2 is 1.67 bits per heavy atom. The number of aromatic nitrogens is 3. The lowest BCUT2D eigenvalue weighted by Crippen LogP contribution is -2.41. The number of thiophene rings is 1. The molecule has 0 aliphatic rings. The SMILES string of the molecule is Cc1nc(-c2ccccc2)sc1C(=O)NNC(=O)c1sc2ncn(C)c(=O)c2c1C. The lowest BCUT2D eigenvalue weighted by Gasteiger charge is -2.06. The predicted octanol–water partition coefficient (Wildman–Crippen LogP) is 2.81. The summed E-state index contributed by atoms with van der Waals surface area (Å²) in [7, 11) is 1.60. The van der Waals surface area contributed by atoms with Gasteiger partial charge in [0.2, 0.25) is 0 Å². The third kappa shape index (κ3) is 3.51. The standard InChI is InChI=1S/C20H17N5O3S2/c1-10-13-19(21-9-25(3)20(13)28)29-14(10)16(26)23-24-17(27)15-11(2)22-18(30-15)12-7-5-4-6-8-12/h4-9H,1-3H3,(H,23,26)(H,24,27). The second-order valence-electron chi connectivity index (χ2n) is 6.60. The maximum atomic E-state index is 12.6. The van der Waals surface area contributed by atoms with E-state index in [0.717, 1.165) is 21.9 Å². The Morgan fingerprint density at radius 1 is 1.00 bits per heavy atom. The van der Waals surface area contributed by atoms with E-state index in [9.17, 15) is 14.4 Å². The number of fused-ring (bicyclic) bond motifs is 1. The number of hydrogen-bond acceptors (Lipinski definition) is 7. The van der Waals surface area contributed by atoms with Gasteiger partial charge in [0.25, 0.3) is 17.4 Å². The molecule has 2 N–H and O–H groups in total. The summed E-state index contributed by atoms with van der Waals surface area (Å²) in [6.45, 7) is 3.44. The molecule has 0 bridgehead atoms. The molecule has 3 aromatic heterocycles. The van der Waals surface area contributed by atoms with Crippen molar-refractivity contribution in [3.05, 3.63) is 68.0 Å². The minimum absolute atomic E-state index is 0.217. The predicted molar refractivity (Wildman–Crippen MR) is 117 cm³/mol. The normalized spacial score (nSPS) is 10.9. The molecule has 8 nitrogen and oxygen atoms in total. The van der Waals surface area contributed by atoms with Crippen LogP contribution >= 0.6 is 22.7 Å². The van der Waals surface area contributed by atoms with E-state index in [2.05, 4.69) is 20.8 Å². The van der Waals surface area contributed by atoms with Crippen molar-refractivity contribution in [3.63, 3.8) is 0 Å². The van der Waals surface area contributed by atoms with Gasteiger partial charge in [0.1, 0.15) is 14.7 Å². The van der Waals surface area contributed by atoms with Crippen LogP contribution in [0.15, 0.2) is 41.5 Å². The second-order valence-corrected chi connectivity index (χ2v) is 8.60. The van der Waals surface area contributed by atoms with Crippen molar-refractivity contribution in [3.8, 4) is 10.6 Å². The molecule has 2 amide bonds. The molecule has 0 fully saturated rings. The number of nitrogens with one attached hydrogen (secondary N) is 2. The van der Waals surface area contributed by atoms with Gasteiger partial charge in [-0.25, -0.2) is 9.97 Å². The summed E-state index contributed by atoms with van der Waals surface area (Å²) in [6, 6.07) is 9.56. The summed E-state index contributed by atoms with van der Waals surface area (Å²) in [5, 5.41) is 1.14. The smallest absolute Gasteiger partial charge is 0.281 e. The number of aryl methyl sites for hydroxylation is 3. The van der Waals surface area contributed by atoms with E-state index in [4.69, 9.17) is 0 Å².